The zero-order valence-corrected chi connectivity index (χ0v) is 12.0. The predicted molar refractivity (Wildman–Crippen MR) is 75.0 cm³/mol. The lowest BCUT2D eigenvalue weighted by atomic mass is 9.96. The van der Waals surface area contributed by atoms with Crippen LogP contribution in [-0.4, -0.2) is 44.0 Å². The van der Waals surface area contributed by atoms with Crippen molar-refractivity contribution in [1.82, 2.24) is 4.90 Å². The standard InChI is InChI=1S/C11H13NO3S3/c13-3-1-6-9(14)12-5-8(18-10(6)12)17-7-2-4-16-11(7)15/h5-7,10,13H,1-4H2/t6-,7+,10+/m0/s1. The van der Waals surface area contributed by atoms with Gasteiger partial charge >= 0.3 is 0 Å². The number of nitrogens with zero attached hydrogens (tertiary/aromatic N) is 1. The van der Waals surface area contributed by atoms with Crippen LogP contribution in [0.25, 0.3) is 0 Å². The molecule has 0 radical (unpaired) electrons. The number of β-lactam (4-membered cyclic amide) rings is 1. The van der Waals surface area contributed by atoms with E-state index in [0.717, 1.165) is 16.4 Å². The Bertz CT molecular complexity index is 426. The van der Waals surface area contributed by atoms with Crippen LogP contribution in [0.15, 0.2) is 10.4 Å². The van der Waals surface area contributed by atoms with Crippen molar-refractivity contribution in [3.63, 3.8) is 0 Å². The minimum Gasteiger partial charge on any atom is -0.396 e. The number of hydrogen-bond acceptors (Lipinski definition) is 6. The van der Waals surface area contributed by atoms with E-state index in [1.54, 1.807) is 28.4 Å². The van der Waals surface area contributed by atoms with Crippen molar-refractivity contribution in [3.05, 3.63) is 10.4 Å². The van der Waals surface area contributed by atoms with Gasteiger partial charge in [-0.15, -0.1) is 11.8 Å². The van der Waals surface area contributed by atoms with Gasteiger partial charge in [0, 0.05) is 18.6 Å². The molecule has 1 N–H and O–H groups in total. The summed E-state index contributed by atoms with van der Waals surface area (Å²) in [6.45, 7) is 0.0571. The van der Waals surface area contributed by atoms with E-state index in [9.17, 15) is 9.59 Å². The lowest BCUT2D eigenvalue weighted by Gasteiger charge is -2.40. The van der Waals surface area contributed by atoms with Crippen molar-refractivity contribution in [2.75, 3.05) is 12.4 Å². The zero-order chi connectivity index (χ0) is 12.7. The van der Waals surface area contributed by atoms with Crippen LogP contribution in [0.4, 0.5) is 0 Å². The molecule has 0 aliphatic carbocycles. The number of carbonyl (C=O) groups excluding carboxylic acids is 2. The number of thioether (sulfide) groups is 3. The van der Waals surface area contributed by atoms with Crippen LogP contribution < -0.4 is 0 Å². The second kappa shape index (κ2) is 5.11. The van der Waals surface area contributed by atoms with Gasteiger partial charge in [-0.3, -0.25) is 9.59 Å². The Balaban J connectivity index is 1.61. The number of rotatable bonds is 4. The van der Waals surface area contributed by atoms with E-state index in [1.807, 2.05) is 6.20 Å². The van der Waals surface area contributed by atoms with Crippen molar-refractivity contribution in [2.45, 2.75) is 23.5 Å². The molecule has 3 aliphatic rings. The third-order valence-electron chi connectivity index (χ3n) is 3.26. The first-order valence-corrected chi connectivity index (χ1v) is 8.60. The Kier molecular flexibility index (Phi) is 3.66. The number of fused-ring (bicyclic) bond motifs is 1. The van der Waals surface area contributed by atoms with Crippen LogP contribution in [0.5, 0.6) is 0 Å². The molecule has 2 saturated heterocycles. The maximum Gasteiger partial charge on any atom is 0.233 e. The fourth-order valence-electron chi connectivity index (χ4n) is 2.28. The van der Waals surface area contributed by atoms with Crippen molar-refractivity contribution >= 4 is 46.3 Å². The van der Waals surface area contributed by atoms with Gasteiger partial charge in [0.25, 0.3) is 0 Å². The second-order valence-electron chi connectivity index (χ2n) is 4.38. The highest BCUT2D eigenvalue weighted by molar-refractivity contribution is 8.25. The van der Waals surface area contributed by atoms with Crippen LogP contribution in [0.1, 0.15) is 12.8 Å². The summed E-state index contributed by atoms with van der Waals surface area (Å²) in [6.07, 6.45) is 3.33. The highest BCUT2D eigenvalue weighted by Crippen LogP contribution is 2.52. The summed E-state index contributed by atoms with van der Waals surface area (Å²) in [5.41, 5.74) is 0. The molecule has 0 aromatic rings. The molecule has 0 aromatic heterocycles. The largest absolute Gasteiger partial charge is 0.396 e. The molecule has 3 aliphatic heterocycles. The summed E-state index contributed by atoms with van der Waals surface area (Å²) >= 11 is 4.65. The van der Waals surface area contributed by atoms with Gasteiger partial charge < -0.3 is 10.0 Å². The van der Waals surface area contributed by atoms with Crippen LogP contribution >= 0.6 is 35.3 Å². The average molecular weight is 303 g/mol. The van der Waals surface area contributed by atoms with Gasteiger partial charge in [0.05, 0.1) is 20.8 Å². The molecule has 4 nitrogen and oxygen atoms in total. The highest BCUT2D eigenvalue weighted by Gasteiger charge is 2.50. The molecule has 98 valence electrons. The Morgan fingerprint density at radius 2 is 2.33 bits per heavy atom. The molecular formula is C11H13NO3S3. The molecule has 2 fully saturated rings. The van der Waals surface area contributed by atoms with Gasteiger partial charge in [0.2, 0.25) is 11.0 Å². The lowest BCUT2D eigenvalue weighted by molar-refractivity contribution is -0.146. The SMILES string of the molecule is O=C1SCC[C@H]1SC1=CN2C(=O)[C@H](CCO)[C@H]2S1. The van der Waals surface area contributed by atoms with Gasteiger partial charge in [-0.1, -0.05) is 23.5 Å². The summed E-state index contributed by atoms with van der Waals surface area (Å²) < 4.78 is 1.06. The Hall–Kier alpha value is -0.110. The summed E-state index contributed by atoms with van der Waals surface area (Å²) in [6, 6.07) is 0. The van der Waals surface area contributed by atoms with Crippen molar-refractivity contribution < 1.29 is 14.7 Å². The average Bonchev–Trinajstić information content (AvgIpc) is 2.92. The summed E-state index contributed by atoms with van der Waals surface area (Å²) in [5.74, 6) is 0.959. The maximum absolute atomic E-state index is 11.8. The molecule has 0 bridgehead atoms. The first-order valence-electron chi connectivity index (χ1n) is 5.85. The third kappa shape index (κ3) is 2.11. The van der Waals surface area contributed by atoms with E-state index in [0.29, 0.717) is 6.42 Å². The van der Waals surface area contributed by atoms with E-state index < -0.39 is 0 Å². The van der Waals surface area contributed by atoms with Crippen molar-refractivity contribution in [2.24, 2.45) is 5.92 Å². The molecule has 0 saturated carbocycles. The number of aliphatic hydroxyl groups is 1. The Labute approximate surface area is 118 Å². The van der Waals surface area contributed by atoms with Crippen molar-refractivity contribution in [1.29, 1.82) is 0 Å². The monoisotopic (exact) mass is 303 g/mol. The second-order valence-corrected chi connectivity index (χ2v) is 8.14. The van der Waals surface area contributed by atoms with Crippen molar-refractivity contribution in [3.8, 4) is 0 Å². The van der Waals surface area contributed by atoms with Crippen LogP contribution in [-0.2, 0) is 9.59 Å². The first-order chi connectivity index (χ1) is 8.70. The molecule has 3 heterocycles. The molecule has 3 atom stereocenters. The van der Waals surface area contributed by atoms with Gasteiger partial charge in [-0.25, -0.2) is 0 Å². The lowest BCUT2D eigenvalue weighted by Crippen LogP contribution is -2.54. The molecule has 0 aromatic carbocycles. The molecule has 1 amide bonds. The van der Waals surface area contributed by atoms with E-state index in [2.05, 4.69) is 0 Å². The van der Waals surface area contributed by atoms with Crippen LogP contribution in [0, 0.1) is 5.92 Å². The molecular weight excluding hydrogens is 290 g/mol. The number of carbonyl (C=O) groups is 2. The molecule has 0 unspecified atom stereocenters. The molecule has 3 rings (SSSR count). The minimum absolute atomic E-state index is 0.0528. The van der Waals surface area contributed by atoms with Crippen LogP contribution in [0.3, 0.4) is 0 Å². The van der Waals surface area contributed by atoms with Gasteiger partial charge in [0.1, 0.15) is 0 Å². The van der Waals surface area contributed by atoms with E-state index in [1.165, 1.54) is 11.8 Å². The summed E-state index contributed by atoms with van der Waals surface area (Å²) in [5, 5.41) is 9.38. The topological polar surface area (TPSA) is 57.6 Å². The van der Waals surface area contributed by atoms with E-state index in [-0.39, 0.29) is 34.2 Å². The summed E-state index contributed by atoms with van der Waals surface area (Å²) in [7, 11) is 0. The van der Waals surface area contributed by atoms with Crippen LogP contribution in [0.2, 0.25) is 0 Å². The van der Waals surface area contributed by atoms with Gasteiger partial charge in [-0.2, -0.15) is 0 Å². The number of hydrogen-bond donors (Lipinski definition) is 1. The fraction of sp³-hybridized carbons (Fsp3) is 0.636. The maximum atomic E-state index is 11.8. The Morgan fingerprint density at radius 1 is 1.50 bits per heavy atom. The first kappa shape index (κ1) is 12.9. The van der Waals surface area contributed by atoms with Gasteiger partial charge in [-0.05, 0) is 12.8 Å². The van der Waals surface area contributed by atoms with E-state index >= 15 is 0 Å². The zero-order valence-electron chi connectivity index (χ0n) is 9.57. The third-order valence-corrected chi connectivity index (χ3v) is 7.20. The number of aliphatic hydroxyl groups excluding tert-OH is 1. The molecule has 0 spiro atoms. The van der Waals surface area contributed by atoms with Gasteiger partial charge in [0.15, 0.2) is 0 Å². The van der Waals surface area contributed by atoms with E-state index in [4.69, 9.17) is 5.11 Å². The Morgan fingerprint density at radius 3 is 3.00 bits per heavy atom. The summed E-state index contributed by atoms with van der Waals surface area (Å²) in [4.78, 5) is 25.1. The number of amides is 1. The fourth-order valence-corrected chi connectivity index (χ4v) is 6.39. The molecule has 7 heteroatoms. The molecule has 18 heavy (non-hydrogen) atoms. The highest BCUT2D eigenvalue weighted by atomic mass is 32.2. The normalized spacial score (nSPS) is 34.6. The predicted octanol–water partition coefficient (Wildman–Crippen LogP) is 1.46. The quantitative estimate of drug-likeness (QED) is 0.794. The minimum atomic E-state index is -0.0528. The smallest absolute Gasteiger partial charge is 0.233 e.